The molecule has 2 aromatic rings. The molecule has 0 unspecified atom stereocenters. The number of likely N-dealkylation sites (tertiary alicyclic amines) is 1. The number of piperidine rings is 1. The van der Waals surface area contributed by atoms with E-state index in [1.807, 2.05) is 12.1 Å². The lowest BCUT2D eigenvalue weighted by Gasteiger charge is -2.32. The van der Waals surface area contributed by atoms with Crippen molar-refractivity contribution in [3.05, 3.63) is 48.8 Å². The van der Waals surface area contributed by atoms with Gasteiger partial charge in [0.05, 0.1) is 11.1 Å². The number of nitrogens with one attached hydrogen (secondary N) is 1. The minimum absolute atomic E-state index is 0.0669. The van der Waals surface area contributed by atoms with Crippen LogP contribution in [0.5, 0.6) is 5.75 Å². The molecule has 1 aliphatic heterocycles. The van der Waals surface area contributed by atoms with Crippen LogP contribution >= 0.6 is 0 Å². The topological polar surface area (TPSA) is 88.6 Å². The highest BCUT2D eigenvalue weighted by Gasteiger charge is 2.24. The molecule has 0 atom stereocenters. The molecule has 2 heterocycles. The maximum atomic E-state index is 12.4. The number of hydrogen-bond acceptors (Lipinski definition) is 5. The van der Waals surface area contributed by atoms with Crippen LogP contribution in [-0.2, 0) is 9.84 Å². The van der Waals surface area contributed by atoms with Crippen molar-refractivity contribution >= 4 is 21.6 Å². The predicted molar refractivity (Wildman–Crippen MR) is 98.0 cm³/mol. The monoisotopic (exact) mass is 375 g/mol. The van der Waals surface area contributed by atoms with Gasteiger partial charge in [-0.3, -0.25) is 4.98 Å². The van der Waals surface area contributed by atoms with Crippen molar-refractivity contribution in [1.82, 2.24) is 9.88 Å². The SMILES string of the molecule is CS(=O)(=O)c1ccc(NC(=O)N2CCC(Oc3cccnc3)CC2)cc1. The van der Waals surface area contributed by atoms with Crippen LogP contribution in [0.2, 0.25) is 0 Å². The standard InChI is InChI=1S/C18H21N3O4S/c1-26(23,24)17-6-4-14(5-7-17)20-18(22)21-11-8-15(9-12-21)25-16-3-2-10-19-13-16/h2-7,10,13,15H,8-9,11-12H2,1H3,(H,20,22). The Labute approximate surface area is 152 Å². The van der Waals surface area contributed by atoms with Crippen molar-refractivity contribution in [3.63, 3.8) is 0 Å². The van der Waals surface area contributed by atoms with Gasteiger partial charge in [-0.15, -0.1) is 0 Å². The third-order valence-electron chi connectivity index (χ3n) is 4.20. The highest BCUT2D eigenvalue weighted by atomic mass is 32.2. The lowest BCUT2D eigenvalue weighted by Crippen LogP contribution is -2.43. The fraction of sp³-hybridized carbons (Fsp3) is 0.333. The summed E-state index contributed by atoms with van der Waals surface area (Å²) >= 11 is 0. The molecular formula is C18H21N3O4S. The lowest BCUT2D eigenvalue weighted by atomic mass is 10.1. The Bertz CT molecular complexity index is 846. The second-order valence-corrected chi connectivity index (χ2v) is 8.24. The molecule has 2 amide bonds. The number of amides is 2. The Morgan fingerprint density at radius 3 is 2.46 bits per heavy atom. The maximum Gasteiger partial charge on any atom is 0.321 e. The molecule has 7 nitrogen and oxygen atoms in total. The van der Waals surface area contributed by atoms with Crippen LogP contribution < -0.4 is 10.1 Å². The maximum absolute atomic E-state index is 12.4. The Hall–Kier alpha value is -2.61. The highest BCUT2D eigenvalue weighted by Crippen LogP contribution is 2.19. The molecule has 0 spiro atoms. The summed E-state index contributed by atoms with van der Waals surface area (Å²) in [6, 6.07) is 9.65. The summed E-state index contributed by atoms with van der Waals surface area (Å²) in [6.07, 6.45) is 6.09. The van der Waals surface area contributed by atoms with Gasteiger partial charge in [-0.25, -0.2) is 13.2 Å². The van der Waals surface area contributed by atoms with Gasteiger partial charge in [0.2, 0.25) is 0 Å². The van der Waals surface area contributed by atoms with Crippen LogP contribution in [0.4, 0.5) is 10.5 Å². The Balaban J connectivity index is 1.50. The quantitative estimate of drug-likeness (QED) is 0.887. The molecule has 1 saturated heterocycles. The third kappa shape index (κ3) is 4.72. The summed E-state index contributed by atoms with van der Waals surface area (Å²) in [5.74, 6) is 0.737. The summed E-state index contributed by atoms with van der Waals surface area (Å²) in [5.41, 5.74) is 0.566. The zero-order chi connectivity index (χ0) is 18.6. The number of sulfone groups is 1. The van der Waals surface area contributed by atoms with Gasteiger partial charge in [-0.2, -0.15) is 0 Å². The first-order valence-corrected chi connectivity index (χ1v) is 10.2. The van der Waals surface area contributed by atoms with E-state index < -0.39 is 9.84 Å². The van der Waals surface area contributed by atoms with Crippen molar-refractivity contribution < 1.29 is 17.9 Å². The molecule has 0 saturated carbocycles. The fourth-order valence-corrected chi connectivity index (χ4v) is 3.40. The number of benzene rings is 1. The minimum atomic E-state index is -3.24. The van der Waals surface area contributed by atoms with Gasteiger partial charge in [0.1, 0.15) is 11.9 Å². The molecule has 138 valence electrons. The normalized spacial score (nSPS) is 15.5. The summed E-state index contributed by atoms with van der Waals surface area (Å²) in [5, 5.41) is 2.80. The molecule has 1 fully saturated rings. The van der Waals surface area contributed by atoms with E-state index in [0.717, 1.165) is 24.8 Å². The van der Waals surface area contributed by atoms with Gasteiger partial charge < -0.3 is 15.0 Å². The first-order chi connectivity index (χ1) is 12.4. The second kappa shape index (κ2) is 7.74. The van der Waals surface area contributed by atoms with Crippen LogP contribution in [0.25, 0.3) is 0 Å². The number of pyridine rings is 1. The molecule has 1 N–H and O–H groups in total. The number of ether oxygens (including phenoxy) is 1. The van der Waals surface area contributed by atoms with Crippen molar-refractivity contribution in [2.45, 2.75) is 23.8 Å². The Morgan fingerprint density at radius 2 is 1.88 bits per heavy atom. The molecule has 0 bridgehead atoms. The zero-order valence-corrected chi connectivity index (χ0v) is 15.3. The van der Waals surface area contributed by atoms with Crippen LogP contribution in [0.1, 0.15) is 12.8 Å². The van der Waals surface area contributed by atoms with E-state index in [0.29, 0.717) is 18.8 Å². The average molecular weight is 375 g/mol. The highest BCUT2D eigenvalue weighted by molar-refractivity contribution is 7.90. The number of carbonyl (C=O) groups is 1. The van der Waals surface area contributed by atoms with Gasteiger partial charge in [0.25, 0.3) is 0 Å². The van der Waals surface area contributed by atoms with Crippen molar-refractivity contribution in [2.24, 2.45) is 0 Å². The number of anilines is 1. The molecule has 3 rings (SSSR count). The van der Waals surface area contributed by atoms with E-state index in [-0.39, 0.29) is 17.0 Å². The number of carbonyl (C=O) groups excluding carboxylic acids is 1. The smallest absolute Gasteiger partial charge is 0.321 e. The molecule has 0 radical (unpaired) electrons. The van der Waals surface area contributed by atoms with E-state index >= 15 is 0 Å². The number of hydrogen-bond donors (Lipinski definition) is 1. The van der Waals surface area contributed by atoms with Gasteiger partial charge in [0, 0.05) is 44.1 Å². The van der Waals surface area contributed by atoms with E-state index in [9.17, 15) is 13.2 Å². The molecule has 1 aromatic heterocycles. The average Bonchev–Trinajstić information content (AvgIpc) is 2.63. The summed E-state index contributed by atoms with van der Waals surface area (Å²) < 4.78 is 28.8. The minimum Gasteiger partial charge on any atom is -0.489 e. The third-order valence-corrected chi connectivity index (χ3v) is 5.33. The van der Waals surface area contributed by atoms with Crippen LogP contribution in [0.15, 0.2) is 53.7 Å². The first kappa shape index (κ1) is 18.2. The zero-order valence-electron chi connectivity index (χ0n) is 14.5. The number of aromatic nitrogens is 1. The van der Waals surface area contributed by atoms with Crippen molar-refractivity contribution in [3.8, 4) is 5.75 Å². The largest absolute Gasteiger partial charge is 0.489 e. The van der Waals surface area contributed by atoms with E-state index in [2.05, 4.69) is 10.3 Å². The van der Waals surface area contributed by atoms with Crippen LogP contribution in [-0.4, -0.2) is 49.8 Å². The van der Waals surface area contributed by atoms with Crippen molar-refractivity contribution in [2.75, 3.05) is 24.7 Å². The summed E-state index contributed by atoms with van der Waals surface area (Å²) in [4.78, 5) is 18.3. The fourth-order valence-electron chi connectivity index (χ4n) is 2.77. The number of rotatable bonds is 4. The van der Waals surface area contributed by atoms with Gasteiger partial charge in [0.15, 0.2) is 9.84 Å². The van der Waals surface area contributed by atoms with Crippen molar-refractivity contribution in [1.29, 1.82) is 0 Å². The van der Waals surface area contributed by atoms with Crippen LogP contribution in [0, 0.1) is 0 Å². The predicted octanol–water partition coefficient (Wildman–Crippen LogP) is 2.56. The Kier molecular flexibility index (Phi) is 5.41. The number of urea groups is 1. The molecule has 1 aromatic carbocycles. The molecule has 8 heteroatoms. The van der Waals surface area contributed by atoms with Gasteiger partial charge in [-0.1, -0.05) is 0 Å². The van der Waals surface area contributed by atoms with Gasteiger partial charge in [-0.05, 0) is 36.4 Å². The summed E-state index contributed by atoms with van der Waals surface area (Å²) in [6.45, 7) is 1.19. The molecule has 0 aliphatic carbocycles. The molecule has 26 heavy (non-hydrogen) atoms. The van der Waals surface area contributed by atoms with E-state index in [4.69, 9.17) is 4.74 Å². The number of nitrogens with zero attached hydrogens (tertiary/aromatic N) is 2. The van der Waals surface area contributed by atoms with E-state index in [1.165, 1.54) is 12.1 Å². The first-order valence-electron chi connectivity index (χ1n) is 8.34. The molecular weight excluding hydrogens is 354 g/mol. The van der Waals surface area contributed by atoms with Gasteiger partial charge >= 0.3 is 6.03 Å². The Morgan fingerprint density at radius 1 is 1.19 bits per heavy atom. The second-order valence-electron chi connectivity index (χ2n) is 6.22. The molecule has 1 aliphatic rings. The lowest BCUT2D eigenvalue weighted by molar-refractivity contribution is 0.115. The van der Waals surface area contributed by atoms with Crippen LogP contribution in [0.3, 0.4) is 0 Å². The summed E-state index contributed by atoms with van der Waals surface area (Å²) in [7, 11) is -3.24. The van der Waals surface area contributed by atoms with E-state index in [1.54, 1.807) is 29.4 Å².